The first-order valence-corrected chi connectivity index (χ1v) is 7.90. The molecule has 0 aliphatic carbocycles. The van der Waals surface area contributed by atoms with Gasteiger partial charge in [-0.15, -0.1) is 11.8 Å². The van der Waals surface area contributed by atoms with Crippen molar-refractivity contribution in [2.75, 3.05) is 12.8 Å². The van der Waals surface area contributed by atoms with Gasteiger partial charge in [-0.05, 0) is 24.0 Å². The molecular formula is C16H16N2O3S. The Morgan fingerprint density at radius 3 is 2.68 bits per heavy atom. The van der Waals surface area contributed by atoms with Gasteiger partial charge in [0.1, 0.15) is 18.2 Å². The quantitative estimate of drug-likeness (QED) is 0.654. The maximum atomic E-state index is 12.0. The van der Waals surface area contributed by atoms with Crippen molar-refractivity contribution in [3.05, 3.63) is 59.8 Å². The van der Waals surface area contributed by atoms with E-state index in [1.54, 1.807) is 18.3 Å². The van der Waals surface area contributed by atoms with E-state index in [0.717, 1.165) is 5.56 Å². The molecule has 1 aromatic heterocycles. The van der Waals surface area contributed by atoms with Crippen molar-refractivity contribution in [3.8, 4) is 0 Å². The average molecular weight is 316 g/mol. The highest BCUT2D eigenvalue weighted by Gasteiger charge is 2.13. The molecule has 0 atom stereocenters. The van der Waals surface area contributed by atoms with Gasteiger partial charge in [-0.25, -0.2) is 4.98 Å². The highest BCUT2D eigenvalue weighted by atomic mass is 32.2. The zero-order valence-electron chi connectivity index (χ0n) is 12.1. The van der Waals surface area contributed by atoms with E-state index in [0.29, 0.717) is 10.6 Å². The topological polar surface area (TPSA) is 68.3 Å². The summed E-state index contributed by atoms with van der Waals surface area (Å²) in [5, 5.41) is 3.17. The molecule has 0 spiro atoms. The van der Waals surface area contributed by atoms with E-state index in [2.05, 4.69) is 10.3 Å². The van der Waals surface area contributed by atoms with Crippen LogP contribution in [0.15, 0.2) is 53.7 Å². The van der Waals surface area contributed by atoms with Gasteiger partial charge >= 0.3 is 5.97 Å². The first-order valence-electron chi connectivity index (χ1n) is 6.67. The number of esters is 1. The molecule has 2 aromatic rings. The SMILES string of the molecule is CSc1ncccc1C(=O)NCC(=O)OCc1ccccc1. The van der Waals surface area contributed by atoms with Crippen molar-refractivity contribution in [1.82, 2.24) is 10.3 Å². The molecule has 0 unspecified atom stereocenters. The maximum Gasteiger partial charge on any atom is 0.325 e. The average Bonchev–Trinajstić information content (AvgIpc) is 2.58. The zero-order chi connectivity index (χ0) is 15.8. The molecule has 2 rings (SSSR count). The summed E-state index contributed by atoms with van der Waals surface area (Å²) < 4.78 is 5.10. The number of hydrogen-bond acceptors (Lipinski definition) is 5. The summed E-state index contributed by atoms with van der Waals surface area (Å²) in [6.45, 7) is 0.0207. The number of aromatic nitrogens is 1. The summed E-state index contributed by atoms with van der Waals surface area (Å²) in [5.74, 6) is -0.819. The number of carbonyl (C=O) groups excluding carboxylic acids is 2. The molecule has 0 fully saturated rings. The summed E-state index contributed by atoms with van der Waals surface area (Å²) in [6, 6.07) is 12.7. The minimum Gasteiger partial charge on any atom is -0.460 e. The number of hydrogen-bond donors (Lipinski definition) is 1. The predicted molar refractivity (Wildman–Crippen MR) is 84.6 cm³/mol. The van der Waals surface area contributed by atoms with Crippen LogP contribution in [0.5, 0.6) is 0 Å². The highest BCUT2D eigenvalue weighted by molar-refractivity contribution is 7.98. The Morgan fingerprint density at radius 1 is 1.18 bits per heavy atom. The van der Waals surface area contributed by atoms with Crippen LogP contribution in [0.1, 0.15) is 15.9 Å². The monoisotopic (exact) mass is 316 g/mol. The number of ether oxygens (including phenoxy) is 1. The van der Waals surface area contributed by atoms with Crippen LogP contribution in [0, 0.1) is 0 Å². The van der Waals surface area contributed by atoms with Crippen LogP contribution >= 0.6 is 11.8 Å². The Balaban J connectivity index is 1.82. The molecule has 114 valence electrons. The van der Waals surface area contributed by atoms with Gasteiger partial charge in [0.15, 0.2) is 0 Å². The lowest BCUT2D eigenvalue weighted by Gasteiger charge is -2.08. The first kappa shape index (κ1) is 16.0. The van der Waals surface area contributed by atoms with Crippen LogP contribution in [-0.4, -0.2) is 29.7 Å². The second-order valence-electron chi connectivity index (χ2n) is 4.39. The second kappa shape index (κ2) is 8.19. The third-order valence-electron chi connectivity index (χ3n) is 2.85. The largest absolute Gasteiger partial charge is 0.460 e. The van der Waals surface area contributed by atoms with Crippen molar-refractivity contribution in [2.45, 2.75) is 11.6 Å². The lowest BCUT2D eigenvalue weighted by Crippen LogP contribution is -2.31. The van der Waals surface area contributed by atoms with Gasteiger partial charge in [-0.3, -0.25) is 9.59 Å². The standard InChI is InChI=1S/C16H16N2O3S/c1-22-16-13(8-5-9-17-16)15(20)18-10-14(19)21-11-12-6-3-2-4-7-12/h2-9H,10-11H2,1H3,(H,18,20). The molecule has 0 radical (unpaired) electrons. The van der Waals surface area contributed by atoms with Crippen LogP contribution in [-0.2, 0) is 16.1 Å². The summed E-state index contributed by atoms with van der Waals surface area (Å²) >= 11 is 1.38. The molecule has 22 heavy (non-hydrogen) atoms. The Kier molecular flexibility index (Phi) is 5.97. The Bertz CT molecular complexity index is 647. The van der Waals surface area contributed by atoms with E-state index in [9.17, 15) is 9.59 Å². The van der Waals surface area contributed by atoms with Crippen LogP contribution < -0.4 is 5.32 Å². The summed E-state index contributed by atoms with van der Waals surface area (Å²) in [7, 11) is 0. The molecule has 0 bridgehead atoms. The number of amides is 1. The van der Waals surface area contributed by atoms with Gasteiger partial charge in [0.05, 0.1) is 5.56 Å². The van der Waals surface area contributed by atoms with E-state index in [1.165, 1.54) is 11.8 Å². The molecule has 1 heterocycles. The Hall–Kier alpha value is -2.34. The van der Waals surface area contributed by atoms with E-state index >= 15 is 0 Å². The Morgan fingerprint density at radius 2 is 1.95 bits per heavy atom. The molecule has 0 aliphatic rings. The van der Waals surface area contributed by atoms with Crippen molar-refractivity contribution >= 4 is 23.6 Å². The van der Waals surface area contributed by atoms with Gasteiger partial charge in [0.25, 0.3) is 5.91 Å². The van der Waals surface area contributed by atoms with Crippen LogP contribution in [0.2, 0.25) is 0 Å². The van der Waals surface area contributed by atoms with Gasteiger partial charge < -0.3 is 10.1 Å². The summed E-state index contributed by atoms with van der Waals surface area (Å²) in [6.07, 6.45) is 3.46. The van der Waals surface area contributed by atoms with E-state index in [-0.39, 0.29) is 19.1 Å². The highest BCUT2D eigenvalue weighted by Crippen LogP contribution is 2.16. The smallest absolute Gasteiger partial charge is 0.325 e. The van der Waals surface area contributed by atoms with Crippen LogP contribution in [0.25, 0.3) is 0 Å². The van der Waals surface area contributed by atoms with Gasteiger partial charge in [-0.2, -0.15) is 0 Å². The van der Waals surface area contributed by atoms with Crippen molar-refractivity contribution in [3.63, 3.8) is 0 Å². The zero-order valence-corrected chi connectivity index (χ0v) is 12.9. The van der Waals surface area contributed by atoms with Crippen molar-refractivity contribution in [1.29, 1.82) is 0 Å². The van der Waals surface area contributed by atoms with Crippen molar-refractivity contribution in [2.24, 2.45) is 0 Å². The fourth-order valence-corrected chi connectivity index (χ4v) is 2.31. The van der Waals surface area contributed by atoms with Gasteiger partial charge in [0.2, 0.25) is 0 Å². The molecule has 0 aliphatic heterocycles. The fourth-order valence-electron chi connectivity index (χ4n) is 1.76. The van der Waals surface area contributed by atoms with Gasteiger partial charge in [0, 0.05) is 6.20 Å². The first-order chi connectivity index (χ1) is 10.7. The number of nitrogens with zero attached hydrogens (tertiary/aromatic N) is 1. The number of thioether (sulfide) groups is 1. The summed E-state index contributed by atoms with van der Waals surface area (Å²) in [5.41, 5.74) is 1.35. The molecule has 5 nitrogen and oxygen atoms in total. The van der Waals surface area contributed by atoms with E-state index in [1.807, 2.05) is 36.6 Å². The second-order valence-corrected chi connectivity index (χ2v) is 5.18. The lowest BCUT2D eigenvalue weighted by molar-refractivity contribution is -0.143. The molecule has 0 saturated heterocycles. The minimum atomic E-state index is -0.480. The molecular weight excluding hydrogens is 300 g/mol. The lowest BCUT2D eigenvalue weighted by atomic mass is 10.2. The maximum absolute atomic E-state index is 12.0. The minimum absolute atomic E-state index is 0.172. The molecule has 1 amide bonds. The number of nitrogens with one attached hydrogen (secondary N) is 1. The summed E-state index contributed by atoms with van der Waals surface area (Å²) in [4.78, 5) is 27.8. The number of benzene rings is 1. The van der Waals surface area contributed by atoms with Crippen molar-refractivity contribution < 1.29 is 14.3 Å². The normalized spacial score (nSPS) is 10.0. The number of pyridine rings is 1. The predicted octanol–water partition coefficient (Wildman–Crippen LogP) is 2.28. The third-order valence-corrected chi connectivity index (χ3v) is 3.56. The molecule has 1 aromatic carbocycles. The number of rotatable bonds is 6. The van der Waals surface area contributed by atoms with E-state index in [4.69, 9.17) is 4.74 Å². The molecule has 0 saturated carbocycles. The van der Waals surface area contributed by atoms with E-state index < -0.39 is 5.97 Å². The van der Waals surface area contributed by atoms with Crippen LogP contribution in [0.3, 0.4) is 0 Å². The third kappa shape index (κ3) is 4.60. The Labute approximate surface area is 133 Å². The number of carbonyl (C=O) groups is 2. The van der Waals surface area contributed by atoms with Gasteiger partial charge in [-0.1, -0.05) is 30.3 Å². The molecule has 1 N–H and O–H groups in total. The van der Waals surface area contributed by atoms with Crippen LogP contribution in [0.4, 0.5) is 0 Å². The fraction of sp³-hybridized carbons (Fsp3) is 0.188. The molecule has 6 heteroatoms.